The molecule has 22 heavy (non-hydrogen) atoms. The summed E-state index contributed by atoms with van der Waals surface area (Å²) in [6.07, 6.45) is 0.973. The van der Waals surface area contributed by atoms with Crippen molar-refractivity contribution in [1.82, 2.24) is 9.78 Å². The third kappa shape index (κ3) is 2.27. The summed E-state index contributed by atoms with van der Waals surface area (Å²) in [5, 5.41) is 9.68. The van der Waals surface area contributed by atoms with Gasteiger partial charge >= 0.3 is 0 Å². The molecule has 1 aliphatic heterocycles. The van der Waals surface area contributed by atoms with Crippen molar-refractivity contribution in [2.24, 2.45) is 0 Å². The molecule has 0 spiro atoms. The molecule has 1 aliphatic rings. The first-order chi connectivity index (χ1) is 10.7. The van der Waals surface area contributed by atoms with Crippen LogP contribution in [0.5, 0.6) is 0 Å². The predicted octanol–water partition coefficient (Wildman–Crippen LogP) is 4.81. The first kappa shape index (κ1) is 13.7. The SMILES string of the molecule is Clc1ccc(-c2nn(-c3ccc(Cl)cc3)c3c2CCN3)cc1. The summed E-state index contributed by atoms with van der Waals surface area (Å²) >= 11 is 12.0. The number of nitrogens with one attached hydrogen (secondary N) is 1. The van der Waals surface area contributed by atoms with E-state index >= 15 is 0 Å². The minimum absolute atomic E-state index is 0.721. The van der Waals surface area contributed by atoms with E-state index in [0.29, 0.717) is 0 Å². The lowest BCUT2D eigenvalue weighted by atomic mass is 10.1. The molecule has 110 valence electrons. The lowest BCUT2D eigenvalue weighted by Crippen LogP contribution is -2.04. The van der Waals surface area contributed by atoms with Crippen LogP contribution in [0, 0.1) is 0 Å². The minimum Gasteiger partial charge on any atom is -0.369 e. The fourth-order valence-corrected chi connectivity index (χ4v) is 3.04. The highest BCUT2D eigenvalue weighted by Crippen LogP contribution is 2.35. The number of benzene rings is 2. The van der Waals surface area contributed by atoms with Crippen molar-refractivity contribution in [3.8, 4) is 16.9 Å². The average molecular weight is 330 g/mol. The predicted molar refractivity (Wildman–Crippen MR) is 91.2 cm³/mol. The van der Waals surface area contributed by atoms with Gasteiger partial charge in [-0.25, -0.2) is 4.68 Å². The van der Waals surface area contributed by atoms with E-state index in [0.717, 1.165) is 45.8 Å². The monoisotopic (exact) mass is 329 g/mol. The number of anilines is 1. The van der Waals surface area contributed by atoms with Crippen molar-refractivity contribution in [3.63, 3.8) is 0 Å². The molecular formula is C17H13Cl2N3. The molecule has 1 N–H and O–H groups in total. The van der Waals surface area contributed by atoms with Crippen LogP contribution in [0.4, 0.5) is 5.82 Å². The van der Waals surface area contributed by atoms with Gasteiger partial charge in [0, 0.05) is 27.7 Å². The molecule has 2 aromatic carbocycles. The molecule has 0 saturated carbocycles. The Morgan fingerprint density at radius 2 is 1.55 bits per heavy atom. The maximum absolute atomic E-state index is 5.98. The van der Waals surface area contributed by atoms with Crippen molar-refractivity contribution in [2.45, 2.75) is 6.42 Å². The van der Waals surface area contributed by atoms with Crippen LogP contribution in [0.3, 0.4) is 0 Å². The third-order valence-electron chi connectivity index (χ3n) is 3.84. The molecule has 0 radical (unpaired) electrons. The molecule has 0 atom stereocenters. The second kappa shape index (κ2) is 5.34. The van der Waals surface area contributed by atoms with E-state index in [-0.39, 0.29) is 0 Å². The van der Waals surface area contributed by atoms with E-state index in [1.165, 1.54) is 5.56 Å². The molecular weight excluding hydrogens is 317 g/mol. The molecule has 1 aromatic heterocycles. The number of hydrogen-bond acceptors (Lipinski definition) is 2. The molecule has 0 unspecified atom stereocenters. The van der Waals surface area contributed by atoms with Crippen LogP contribution in [0.25, 0.3) is 16.9 Å². The maximum Gasteiger partial charge on any atom is 0.133 e. The zero-order chi connectivity index (χ0) is 15.1. The smallest absolute Gasteiger partial charge is 0.133 e. The van der Waals surface area contributed by atoms with E-state index in [1.54, 1.807) is 0 Å². The van der Waals surface area contributed by atoms with Crippen LogP contribution in [0.1, 0.15) is 5.56 Å². The average Bonchev–Trinajstić information content (AvgIpc) is 3.12. The van der Waals surface area contributed by atoms with Crippen LogP contribution in [-0.4, -0.2) is 16.3 Å². The van der Waals surface area contributed by atoms with Gasteiger partial charge in [-0.2, -0.15) is 5.10 Å². The van der Waals surface area contributed by atoms with Gasteiger partial charge in [0.2, 0.25) is 0 Å². The van der Waals surface area contributed by atoms with Crippen LogP contribution in [0.15, 0.2) is 48.5 Å². The highest BCUT2D eigenvalue weighted by molar-refractivity contribution is 6.30. The first-order valence-corrected chi connectivity index (χ1v) is 7.85. The number of fused-ring (bicyclic) bond motifs is 1. The number of halogens is 2. The van der Waals surface area contributed by atoms with Gasteiger partial charge in [-0.1, -0.05) is 35.3 Å². The Balaban J connectivity index is 1.86. The first-order valence-electron chi connectivity index (χ1n) is 7.10. The van der Waals surface area contributed by atoms with E-state index < -0.39 is 0 Å². The molecule has 0 fully saturated rings. The molecule has 4 rings (SSSR count). The standard InChI is InChI=1S/C17H13Cl2N3/c18-12-3-1-11(2-4-12)16-15-9-10-20-17(15)22(21-16)14-7-5-13(19)6-8-14/h1-8,20H,9-10H2. The summed E-state index contributed by atoms with van der Waals surface area (Å²) in [6.45, 7) is 0.932. The van der Waals surface area contributed by atoms with Crippen molar-refractivity contribution < 1.29 is 0 Å². The van der Waals surface area contributed by atoms with Gasteiger partial charge in [-0.3, -0.25) is 0 Å². The van der Waals surface area contributed by atoms with Crippen molar-refractivity contribution in [3.05, 3.63) is 64.1 Å². The topological polar surface area (TPSA) is 29.9 Å². The number of aromatic nitrogens is 2. The molecule has 0 saturated heterocycles. The summed E-state index contributed by atoms with van der Waals surface area (Å²) in [6, 6.07) is 15.5. The van der Waals surface area contributed by atoms with Gasteiger partial charge in [0.25, 0.3) is 0 Å². The molecule has 0 amide bonds. The van der Waals surface area contributed by atoms with Gasteiger partial charge in [0.05, 0.1) is 11.4 Å². The van der Waals surface area contributed by atoms with Crippen molar-refractivity contribution in [2.75, 3.05) is 11.9 Å². The molecule has 5 heteroatoms. The van der Waals surface area contributed by atoms with Crippen LogP contribution in [0.2, 0.25) is 10.0 Å². The summed E-state index contributed by atoms with van der Waals surface area (Å²) < 4.78 is 1.95. The highest BCUT2D eigenvalue weighted by atomic mass is 35.5. The fraction of sp³-hybridized carbons (Fsp3) is 0.118. The summed E-state index contributed by atoms with van der Waals surface area (Å²) in [5.41, 5.74) is 4.33. The third-order valence-corrected chi connectivity index (χ3v) is 4.34. The van der Waals surface area contributed by atoms with Crippen molar-refractivity contribution >= 4 is 29.0 Å². The summed E-state index contributed by atoms with van der Waals surface area (Å²) in [4.78, 5) is 0. The quantitative estimate of drug-likeness (QED) is 0.730. The van der Waals surface area contributed by atoms with Crippen LogP contribution < -0.4 is 5.32 Å². The molecule has 3 aromatic rings. The van der Waals surface area contributed by atoms with E-state index in [2.05, 4.69) is 5.32 Å². The lowest BCUT2D eigenvalue weighted by molar-refractivity contribution is 0.882. The number of rotatable bonds is 2. The Hall–Kier alpha value is -1.97. The Bertz CT molecular complexity index is 752. The van der Waals surface area contributed by atoms with Gasteiger partial charge in [0.15, 0.2) is 0 Å². The van der Waals surface area contributed by atoms with Gasteiger partial charge in [-0.15, -0.1) is 0 Å². The summed E-state index contributed by atoms with van der Waals surface area (Å²) in [7, 11) is 0. The van der Waals surface area contributed by atoms with E-state index in [1.807, 2.05) is 53.2 Å². The Labute approximate surface area is 138 Å². The minimum atomic E-state index is 0.721. The number of hydrogen-bond donors (Lipinski definition) is 1. The van der Waals surface area contributed by atoms with Crippen LogP contribution in [-0.2, 0) is 6.42 Å². The van der Waals surface area contributed by atoms with E-state index in [9.17, 15) is 0 Å². The van der Waals surface area contributed by atoms with Crippen molar-refractivity contribution in [1.29, 1.82) is 0 Å². The Morgan fingerprint density at radius 1 is 0.909 bits per heavy atom. The highest BCUT2D eigenvalue weighted by Gasteiger charge is 2.23. The second-order valence-electron chi connectivity index (χ2n) is 5.25. The normalized spacial score (nSPS) is 13.0. The second-order valence-corrected chi connectivity index (χ2v) is 6.12. The van der Waals surface area contributed by atoms with Gasteiger partial charge in [0.1, 0.15) is 5.82 Å². The zero-order valence-electron chi connectivity index (χ0n) is 11.7. The van der Waals surface area contributed by atoms with Gasteiger partial charge in [-0.05, 0) is 42.8 Å². The Kier molecular flexibility index (Phi) is 3.32. The Morgan fingerprint density at radius 3 is 2.23 bits per heavy atom. The van der Waals surface area contributed by atoms with Crippen LogP contribution >= 0.6 is 23.2 Å². The number of nitrogens with zero attached hydrogens (tertiary/aromatic N) is 2. The summed E-state index contributed by atoms with van der Waals surface area (Å²) in [5.74, 6) is 1.06. The maximum atomic E-state index is 5.98. The lowest BCUT2D eigenvalue weighted by Gasteiger charge is -2.06. The fourth-order valence-electron chi connectivity index (χ4n) is 2.78. The zero-order valence-corrected chi connectivity index (χ0v) is 13.2. The molecule has 2 heterocycles. The van der Waals surface area contributed by atoms with Gasteiger partial charge < -0.3 is 5.32 Å². The molecule has 3 nitrogen and oxygen atoms in total. The largest absolute Gasteiger partial charge is 0.369 e. The molecule has 0 aliphatic carbocycles. The molecule has 0 bridgehead atoms. The van der Waals surface area contributed by atoms with E-state index in [4.69, 9.17) is 28.3 Å².